The SMILES string of the molecule is C=C1C(N(C)C)C(=O)CCN1C(=O)O. The fraction of sp³-hybridized carbons (Fsp3) is 0.556. The van der Waals surface area contributed by atoms with E-state index in [9.17, 15) is 9.59 Å². The van der Waals surface area contributed by atoms with Gasteiger partial charge in [-0.1, -0.05) is 6.58 Å². The van der Waals surface area contributed by atoms with Gasteiger partial charge in [-0.3, -0.25) is 14.6 Å². The number of likely N-dealkylation sites (N-methyl/N-ethyl adjacent to an activating group) is 1. The molecular weight excluding hydrogens is 184 g/mol. The maximum absolute atomic E-state index is 11.5. The number of nitrogens with zero attached hydrogens (tertiary/aromatic N) is 2. The molecule has 1 aliphatic rings. The molecule has 14 heavy (non-hydrogen) atoms. The Labute approximate surface area is 82.6 Å². The molecule has 1 saturated heterocycles. The normalized spacial score (nSPS) is 23.1. The minimum absolute atomic E-state index is 0.0255. The molecule has 0 aromatic rings. The Morgan fingerprint density at radius 3 is 2.64 bits per heavy atom. The minimum atomic E-state index is -1.05. The zero-order chi connectivity index (χ0) is 10.9. The van der Waals surface area contributed by atoms with Gasteiger partial charge in [-0.15, -0.1) is 0 Å². The van der Waals surface area contributed by atoms with Crippen molar-refractivity contribution >= 4 is 11.9 Å². The third-order valence-corrected chi connectivity index (χ3v) is 2.30. The van der Waals surface area contributed by atoms with Crippen molar-refractivity contribution in [3.05, 3.63) is 12.3 Å². The maximum Gasteiger partial charge on any atom is 0.411 e. The number of amides is 1. The van der Waals surface area contributed by atoms with Gasteiger partial charge in [0.05, 0.1) is 0 Å². The molecule has 0 radical (unpaired) electrons. The van der Waals surface area contributed by atoms with Gasteiger partial charge in [-0.05, 0) is 14.1 Å². The molecule has 0 aromatic heterocycles. The average Bonchev–Trinajstić information content (AvgIpc) is 2.02. The summed E-state index contributed by atoms with van der Waals surface area (Å²) in [6, 6.07) is -0.500. The summed E-state index contributed by atoms with van der Waals surface area (Å²) in [6.07, 6.45) is -0.789. The van der Waals surface area contributed by atoms with Crippen LogP contribution in [-0.2, 0) is 4.79 Å². The Morgan fingerprint density at radius 2 is 2.21 bits per heavy atom. The lowest BCUT2D eigenvalue weighted by atomic mass is 10.0. The van der Waals surface area contributed by atoms with Crippen LogP contribution in [0.5, 0.6) is 0 Å². The van der Waals surface area contributed by atoms with Crippen molar-refractivity contribution in [1.29, 1.82) is 0 Å². The molecule has 1 amide bonds. The molecule has 1 unspecified atom stereocenters. The second-order valence-corrected chi connectivity index (χ2v) is 3.51. The Kier molecular flexibility index (Phi) is 2.90. The van der Waals surface area contributed by atoms with Crippen LogP contribution in [0.3, 0.4) is 0 Å². The van der Waals surface area contributed by atoms with Crippen molar-refractivity contribution in [2.75, 3.05) is 20.6 Å². The van der Waals surface area contributed by atoms with E-state index in [4.69, 9.17) is 5.11 Å². The molecule has 1 aliphatic heterocycles. The lowest BCUT2D eigenvalue weighted by Crippen LogP contribution is -2.50. The molecule has 1 rings (SSSR count). The molecule has 0 aromatic carbocycles. The second kappa shape index (κ2) is 3.79. The van der Waals surface area contributed by atoms with Crippen molar-refractivity contribution in [3.8, 4) is 0 Å². The lowest BCUT2D eigenvalue weighted by molar-refractivity contribution is -0.124. The number of piperidine rings is 1. The summed E-state index contributed by atoms with van der Waals surface area (Å²) in [5, 5.41) is 8.83. The molecule has 0 spiro atoms. The molecule has 0 saturated carbocycles. The highest BCUT2D eigenvalue weighted by Crippen LogP contribution is 2.20. The van der Waals surface area contributed by atoms with E-state index in [2.05, 4.69) is 6.58 Å². The summed E-state index contributed by atoms with van der Waals surface area (Å²) < 4.78 is 0. The standard InChI is InChI=1S/C9H14N2O3/c1-6-8(10(2)3)7(12)4-5-11(6)9(13)14/h8H,1,4-5H2,2-3H3,(H,13,14). The monoisotopic (exact) mass is 198 g/mol. The fourth-order valence-corrected chi connectivity index (χ4v) is 1.64. The van der Waals surface area contributed by atoms with E-state index in [1.165, 1.54) is 0 Å². The molecule has 5 nitrogen and oxygen atoms in total. The number of rotatable bonds is 1. The Bertz CT molecular complexity index is 286. The predicted octanol–water partition coefficient (Wildman–Crippen LogP) is 0.383. The van der Waals surface area contributed by atoms with Gasteiger partial charge < -0.3 is 5.11 Å². The van der Waals surface area contributed by atoms with Crippen LogP contribution in [0.1, 0.15) is 6.42 Å². The molecule has 1 N–H and O–H groups in total. The molecule has 5 heteroatoms. The zero-order valence-electron chi connectivity index (χ0n) is 8.36. The molecular formula is C9H14N2O3. The topological polar surface area (TPSA) is 60.9 Å². The molecule has 78 valence electrons. The number of Topliss-reactive ketones (excluding diaryl/α,β-unsaturated/α-hetero) is 1. The number of carbonyl (C=O) groups excluding carboxylic acids is 1. The highest BCUT2D eigenvalue weighted by atomic mass is 16.4. The van der Waals surface area contributed by atoms with Gasteiger partial charge in [0.2, 0.25) is 0 Å². The summed E-state index contributed by atoms with van der Waals surface area (Å²) in [4.78, 5) is 25.1. The van der Waals surface area contributed by atoms with Crippen LogP contribution in [0.2, 0.25) is 0 Å². The van der Waals surface area contributed by atoms with Gasteiger partial charge in [0, 0.05) is 18.7 Å². The quantitative estimate of drug-likeness (QED) is 0.661. The van der Waals surface area contributed by atoms with Crippen LogP contribution in [0.15, 0.2) is 12.3 Å². The van der Waals surface area contributed by atoms with Crippen molar-refractivity contribution < 1.29 is 14.7 Å². The van der Waals surface area contributed by atoms with Gasteiger partial charge in [0.25, 0.3) is 0 Å². The first-order valence-electron chi connectivity index (χ1n) is 4.33. The summed E-state index contributed by atoms with van der Waals surface area (Å²) in [5.41, 5.74) is 0.346. The second-order valence-electron chi connectivity index (χ2n) is 3.51. The van der Waals surface area contributed by atoms with Gasteiger partial charge in [0.1, 0.15) is 6.04 Å². The largest absolute Gasteiger partial charge is 0.465 e. The van der Waals surface area contributed by atoms with Crippen molar-refractivity contribution in [3.63, 3.8) is 0 Å². The number of hydrogen-bond acceptors (Lipinski definition) is 3. The Balaban J connectivity index is 2.88. The third kappa shape index (κ3) is 1.77. The van der Waals surface area contributed by atoms with Crippen LogP contribution in [0.4, 0.5) is 4.79 Å². The van der Waals surface area contributed by atoms with Crippen LogP contribution >= 0.6 is 0 Å². The predicted molar refractivity (Wildman–Crippen MR) is 51.0 cm³/mol. The summed E-state index contributed by atoms with van der Waals surface area (Å²) >= 11 is 0. The van der Waals surface area contributed by atoms with E-state index < -0.39 is 12.1 Å². The maximum atomic E-state index is 11.5. The van der Waals surface area contributed by atoms with E-state index in [1.54, 1.807) is 19.0 Å². The Morgan fingerprint density at radius 1 is 1.64 bits per heavy atom. The van der Waals surface area contributed by atoms with Crippen LogP contribution < -0.4 is 0 Å². The fourth-order valence-electron chi connectivity index (χ4n) is 1.64. The minimum Gasteiger partial charge on any atom is -0.465 e. The summed E-state index contributed by atoms with van der Waals surface area (Å²) in [7, 11) is 3.47. The first-order chi connectivity index (χ1) is 6.45. The average molecular weight is 198 g/mol. The van der Waals surface area contributed by atoms with Gasteiger partial charge in [-0.2, -0.15) is 0 Å². The van der Waals surface area contributed by atoms with Gasteiger partial charge in [0.15, 0.2) is 5.78 Å². The third-order valence-electron chi connectivity index (χ3n) is 2.30. The first kappa shape index (κ1) is 10.7. The summed E-state index contributed by atoms with van der Waals surface area (Å²) in [5.74, 6) is 0.0255. The molecule has 1 fully saturated rings. The number of ketones is 1. The first-order valence-corrected chi connectivity index (χ1v) is 4.33. The zero-order valence-corrected chi connectivity index (χ0v) is 8.36. The molecule has 1 heterocycles. The number of carbonyl (C=O) groups is 2. The molecule has 0 aliphatic carbocycles. The highest BCUT2D eigenvalue weighted by Gasteiger charge is 2.34. The smallest absolute Gasteiger partial charge is 0.411 e. The van der Waals surface area contributed by atoms with E-state index in [0.717, 1.165) is 4.90 Å². The van der Waals surface area contributed by atoms with Crippen LogP contribution in [0.25, 0.3) is 0 Å². The Hall–Kier alpha value is -1.36. The van der Waals surface area contributed by atoms with Crippen molar-refractivity contribution in [2.45, 2.75) is 12.5 Å². The van der Waals surface area contributed by atoms with Gasteiger partial charge in [-0.25, -0.2) is 4.79 Å². The number of carboxylic acid groups (broad SMARTS) is 1. The number of hydrogen-bond donors (Lipinski definition) is 1. The van der Waals surface area contributed by atoms with E-state index in [0.29, 0.717) is 5.70 Å². The van der Waals surface area contributed by atoms with E-state index in [-0.39, 0.29) is 18.7 Å². The summed E-state index contributed by atoms with van der Waals surface area (Å²) in [6.45, 7) is 3.87. The highest BCUT2D eigenvalue weighted by molar-refractivity contribution is 5.90. The van der Waals surface area contributed by atoms with Crippen molar-refractivity contribution in [1.82, 2.24) is 9.80 Å². The lowest BCUT2D eigenvalue weighted by Gasteiger charge is -2.35. The van der Waals surface area contributed by atoms with Gasteiger partial charge >= 0.3 is 6.09 Å². The van der Waals surface area contributed by atoms with E-state index >= 15 is 0 Å². The van der Waals surface area contributed by atoms with Crippen molar-refractivity contribution in [2.24, 2.45) is 0 Å². The van der Waals surface area contributed by atoms with Crippen LogP contribution in [-0.4, -0.2) is 53.5 Å². The number of likely N-dealkylation sites (tertiary alicyclic amines) is 1. The van der Waals surface area contributed by atoms with Crippen LogP contribution in [0, 0.1) is 0 Å². The molecule has 1 atom stereocenters. The molecule has 0 bridgehead atoms. The van der Waals surface area contributed by atoms with E-state index in [1.807, 2.05) is 0 Å².